The molecular weight excluding hydrogens is 332 g/mol. The molecule has 2 heterocycles. The minimum absolute atomic E-state index is 0.0417. The number of aromatic nitrogens is 4. The lowest BCUT2D eigenvalue weighted by atomic mass is 10.2. The third-order valence-corrected chi connectivity index (χ3v) is 4.38. The van der Waals surface area contributed by atoms with E-state index in [-0.39, 0.29) is 12.5 Å². The van der Waals surface area contributed by atoms with Crippen molar-refractivity contribution in [2.24, 2.45) is 5.92 Å². The molecule has 0 aliphatic carbocycles. The molecule has 0 saturated carbocycles. The molecule has 0 aliphatic rings. The van der Waals surface area contributed by atoms with Gasteiger partial charge in [0.15, 0.2) is 5.65 Å². The van der Waals surface area contributed by atoms with Crippen LogP contribution < -0.4 is 4.90 Å². The van der Waals surface area contributed by atoms with E-state index in [2.05, 4.69) is 52.6 Å². The molecule has 0 spiro atoms. The molecular formula is C18H30N6O2. The molecule has 2 aromatic rings. The summed E-state index contributed by atoms with van der Waals surface area (Å²) in [6, 6.07) is 0. The molecule has 0 atom stereocenters. The normalized spacial score (nSPS) is 11.5. The number of hydrogen-bond donors (Lipinski definition) is 0. The molecule has 0 fully saturated rings. The number of hydrogen-bond acceptors (Lipinski definition) is 7. The zero-order valence-corrected chi connectivity index (χ0v) is 16.5. The van der Waals surface area contributed by atoms with Crippen molar-refractivity contribution in [1.29, 1.82) is 0 Å². The fourth-order valence-electron chi connectivity index (χ4n) is 2.96. The molecule has 8 nitrogen and oxygen atoms in total. The van der Waals surface area contributed by atoms with Gasteiger partial charge in [-0.1, -0.05) is 27.7 Å². The summed E-state index contributed by atoms with van der Waals surface area (Å²) in [7, 11) is 1.37. The molecule has 0 radical (unpaired) electrons. The number of rotatable bonds is 10. The average Bonchev–Trinajstić information content (AvgIpc) is 3.04. The van der Waals surface area contributed by atoms with Crippen LogP contribution in [0.25, 0.3) is 11.0 Å². The maximum atomic E-state index is 11.6. The van der Waals surface area contributed by atoms with Gasteiger partial charge in [0, 0.05) is 19.6 Å². The number of nitrogens with zero attached hydrogens (tertiary/aromatic N) is 6. The van der Waals surface area contributed by atoms with Crippen LogP contribution in [0, 0.1) is 5.92 Å². The second kappa shape index (κ2) is 9.47. The quantitative estimate of drug-likeness (QED) is 0.597. The van der Waals surface area contributed by atoms with Crippen LogP contribution in [0.15, 0.2) is 12.5 Å². The van der Waals surface area contributed by atoms with Crippen LogP contribution in [0.5, 0.6) is 0 Å². The summed E-state index contributed by atoms with van der Waals surface area (Å²) in [6.45, 7) is 13.6. The average molecular weight is 362 g/mol. The van der Waals surface area contributed by atoms with Crippen molar-refractivity contribution >= 4 is 22.8 Å². The van der Waals surface area contributed by atoms with Crippen LogP contribution in [0.1, 0.15) is 27.7 Å². The van der Waals surface area contributed by atoms with Crippen molar-refractivity contribution in [3.8, 4) is 0 Å². The summed E-state index contributed by atoms with van der Waals surface area (Å²) < 4.78 is 6.29. The van der Waals surface area contributed by atoms with Gasteiger partial charge in [0.05, 0.1) is 18.7 Å². The predicted molar refractivity (Wildman–Crippen MR) is 102 cm³/mol. The smallest absolute Gasteiger partial charge is 0.327 e. The molecule has 0 unspecified atom stereocenters. The lowest BCUT2D eigenvalue weighted by molar-refractivity contribution is -0.141. The highest BCUT2D eigenvalue weighted by Gasteiger charge is 2.18. The van der Waals surface area contributed by atoms with Crippen LogP contribution in [0.4, 0.5) is 5.82 Å². The summed E-state index contributed by atoms with van der Waals surface area (Å²) in [6.07, 6.45) is 3.27. The molecule has 0 aromatic carbocycles. The summed E-state index contributed by atoms with van der Waals surface area (Å²) in [5.74, 6) is 1.02. The summed E-state index contributed by atoms with van der Waals surface area (Å²) in [4.78, 5) is 25.1. The van der Waals surface area contributed by atoms with Crippen LogP contribution in [0.3, 0.4) is 0 Å². The van der Waals surface area contributed by atoms with E-state index in [1.807, 2.05) is 0 Å². The largest absolute Gasteiger partial charge is 0.468 e. The molecule has 2 aromatic heterocycles. The highest BCUT2D eigenvalue weighted by Crippen LogP contribution is 2.23. The van der Waals surface area contributed by atoms with Gasteiger partial charge in [0.1, 0.15) is 18.7 Å². The number of likely N-dealkylation sites (N-methyl/N-ethyl adjacent to an activating group) is 1. The van der Waals surface area contributed by atoms with Gasteiger partial charge in [0.2, 0.25) is 0 Å². The molecule has 2 rings (SSSR count). The number of carbonyl (C=O) groups is 1. The minimum atomic E-state index is -0.351. The van der Waals surface area contributed by atoms with Gasteiger partial charge < -0.3 is 14.5 Å². The molecule has 0 amide bonds. The topological polar surface area (TPSA) is 76.4 Å². The number of methoxy groups -OCH3 is 1. The van der Waals surface area contributed by atoms with Crippen LogP contribution in [-0.2, 0) is 16.1 Å². The first kappa shape index (κ1) is 20.1. The van der Waals surface area contributed by atoms with E-state index < -0.39 is 0 Å². The molecule has 0 aliphatic heterocycles. The van der Waals surface area contributed by atoms with Gasteiger partial charge in [-0.05, 0) is 19.0 Å². The summed E-state index contributed by atoms with van der Waals surface area (Å²) in [5, 5.41) is 5.17. The first-order valence-corrected chi connectivity index (χ1v) is 9.20. The van der Waals surface area contributed by atoms with E-state index in [0.717, 1.165) is 43.9 Å². The van der Waals surface area contributed by atoms with E-state index in [1.54, 1.807) is 10.9 Å². The van der Waals surface area contributed by atoms with Crippen LogP contribution in [0.2, 0.25) is 0 Å². The second-order valence-electron chi connectivity index (χ2n) is 6.68. The highest BCUT2D eigenvalue weighted by molar-refractivity contribution is 5.87. The van der Waals surface area contributed by atoms with Gasteiger partial charge in [-0.25, -0.2) is 14.6 Å². The molecule has 26 heavy (non-hydrogen) atoms. The Kier molecular flexibility index (Phi) is 7.32. The van der Waals surface area contributed by atoms with Gasteiger partial charge in [-0.15, -0.1) is 0 Å². The molecule has 144 valence electrons. The van der Waals surface area contributed by atoms with Gasteiger partial charge >= 0.3 is 5.97 Å². The Labute approximate surface area is 155 Å². The lowest BCUT2D eigenvalue weighted by Gasteiger charge is -2.29. The third kappa shape index (κ3) is 4.91. The number of esters is 1. The first-order chi connectivity index (χ1) is 12.5. The number of anilines is 1. The fourth-order valence-corrected chi connectivity index (χ4v) is 2.96. The Balaban J connectivity index is 2.31. The minimum Gasteiger partial charge on any atom is -0.468 e. The van der Waals surface area contributed by atoms with E-state index in [0.29, 0.717) is 11.6 Å². The lowest BCUT2D eigenvalue weighted by Crippen LogP contribution is -2.37. The van der Waals surface area contributed by atoms with Crippen molar-refractivity contribution in [3.05, 3.63) is 12.5 Å². The zero-order chi connectivity index (χ0) is 19.1. The standard InChI is InChI=1S/C18H30N6O2/c1-6-22(7-2)8-9-23(11-14(3)4)17-15-10-21-24(12-16(25)26-5)18(15)20-13-19-17/h10,13-14H,6-9,11-12H2,1-5H3. The van der Waals surface area contributed by atoms with Gasteiger partial charge in [0.25, 0.3) is 0 Å². The Hall–Kier alpha value is -2.22. The monoisotopic (exact) mass is 362 g/mol. The molecule has 0 N–H and O–H groups in total. The van der Waals surface area contributed by atoms with Crippen LogP contribution >= 0.6 is 0 Å². The maximum Gasteiger partial charge on any atom is 0.327 e. The maximum absolute atomic E-state index is 11.6. The summed E-state index contributed by atoms with van der Waals surface area (Å²) >= 11 is 0. The second-order valence-corrected chi connectivity index (χ2v) is 6.68. The van der Waals surface area contributed by atoms with Gasteiger partial charge in [-0.2, -0.15) is 5.10 Å². The van der Waals surface area contributed by atoms with Crippen molar-refractivity contribution in [2.75, 3.05) is 44.7 Å². The van der Waals surface area contributed by atoms with Crippen molar-refractivity contribution in [2.45, 2.75) is 34.2 Å². The SMILES string of the molecule is CCN(CC)CCN(CC(C)C)c1ncnc2c1cnn2CC(=O)OC. The highest BCUT2D eigenvalue weighted by atomic mass is 16.5. The van der Waals surface area contributed by atoms with Crippen molar-refractivity contribution < 1.29 is 9.53 Å². The molecule has 0 saturated heterocycles. The Morgan fingerprint density at radius 2 is 1.96 bits per heavy atom. The zero-order valence-electron chi connectivity index (χ0n) is 16.5. The predicted octanol–water partition coefficient (Wildman–Crippen LogP) is 1.80. The molecule has 0 bridgehead atoms. The van der Waals surface area contributed by atoms with E-state index in [9.17, 15) is 4.79 Å². The first-order valence-electron chi connectivity index (χ1n) is 9.20. The number of fused-ring (bicyclic) bond motifs is 1. The number of ether oxygens (including phenoxy) is 1. The summed E-state index contributed by atoms with van der Waals surface area (Å²) in [5.41, 5.74) is 0.650. The van der Waals surface area contributed by atoms with E-state index in [1.165, 1.54) is 13.4 Å². The van der Waals surface area contributed by atoms with Crippen molar-refractivity contribution in [3.63, 3.8) is 0 Å². The van der Waals surface area contributed by atoms with Crippen LogP contribution in [-0.4, -0.2) is 70.5 Å². The number of carbonyl (C=O) groups excluding carboxylic acids is 1. The van der Waals surface area contributed by atoms with E-state index >= 15 is 0 Å². The van der Waals surface area contributed by atoms with Crippen molar-refractivity contribution in [1.82, 2.24) is 24.6 Å². The Bertz CT molecular complexity index is 711. The van der Waals surface area contributed by atoms with Gasteiger partial charge in [-0.3, -0.25) is 4.79 Å². The Morgan fingerprint density at radius 1 is 1.23 bits per heavy atom. The molecule has 8 heteroatoms. The fraction of sp³-hybridized carbons (Fsp3) is 0.667. The van der Waals surface area contributed by atoms with E-state index in [4.69, 9.17) is 4.74 Å². The third-order valence-electron chi connectivity index (χ3n) is 4.38. The Morgan fingerprint density at radius 3 is 2.58 bits per heavy atom.